The Kier molecular flexibility index (Phi) is 11.8. The van der Waals surface area contributed by atoms with Crippen molar-refractivity contribution >= 4 is 0 Å². The van der Waals surface area contributed by atoms with Crippen molar-refractivity contribution in [2.75, 3.05) is 47.5 Å². The van der Waals surface area contributed by atoms with Gasteiger partial charge < -0.3 is 14.3 Å². The van der Waals surface area contributed by atoms with Gasteiger partial charge in [-0.3, -0.25) is 0 Å². The number of hydrogen-bond acceptors (Lipinski definition) is 2. The molecule has 0 bridgehead atoms. The van der Waals surface area contributed by atoms with E-state index in [4.69, 9.17) is 9.84 Å². The minimum atomic E-state index is 0.281. The fourth-order valence-corrected chi connectivity index (χ4v) is 0.535. The molecule has 0 rings (SSSR count). The number of quaternary nitrogens is 1. The van der Waals surface area contributed by atoms with Crippen LogP contribution < -0.4 is 0 Å². The van der Waals surface area contributed by atoms with Crippen LogP contribution in [0.3, 0.4) is 0 Å². The number of aliphatic hydroxyl groups is 1. The summed E-state index contributed by atoms with van der Waals surface area (Å²) in [5.41, 5.74) is 0. The molecule has 0 fully saturated rings. The second-order valence-electron chi connectivity index (χ2n) is 3.85. The van der Waals surface area contributed by atoms with Crippen LogP contribution in [-0.2, 0) is 4.74 Å². The van der Waals surface area contributed by atoms with E-state index < -0.39 is 0 Å². The molecule has 14 heavy (non-hydrogen) atoms. The van der Waals surface area contributed by atoms with Crippen LogP contribution in [0.25, 0.3) is 0 Å². The molecule has 0 radical (unpaired) electrons. The van der Waals surface area contributed by atoms with Gasteiger partial charge in [-0.05, 0) is 0 Å². The monoisotopic (exact) mass is 202 g/mol. The van der Waals surface area contributed by atoms with Crippen LogP contribution in [0.15, 0.2) is 25.3 Å². The highest BCUT2D eigenvalue weighted by Crippen LogP contribution is 1.84. The zero-order valence-electron chi connectivity index (χ0n) is 9.70. The molecule has 0 saturated heterocycles. The number of hydrogen-bond donors (Lipinski definition) is 1. The Balaban J connectivity index is 0. The highest BCUT2D eigenvalue weighted by Gasteiger charge is 2.02. The molecular weight excluding hydrogens is 178 g/mol. The zero-order valence-corrected chi connectivity index (χ0v) is 9.70. The molecule has 0 spiro atoms. The minimum absolute atomic E-state index is 0.281. The third kappa shape index (κ3) is 22.5. The Hall–Kier alpha value is -0.640. The maximum absolute atomic E-state index is 8.39. The van der Waals surface area contributed by atoms with E-state index in [1.54, 1.807) is 12.2 Å². The SMILES string of the molecule is C=CCOCC=C.C[N+](C)(C)CCO. The summed E-state index contributed by atoms with van der Waals surface area (Å²) < 4.78 is 5.74. The summed E-state index contributed by atoms with van der Waals surface area (Å²) in [6.45, 7) is 9.30. The van der Waals surface area contributed by atoms with Crippen molar-refractivity contribution in [1.82, 2.24) is 0 Å². The van der Waals surface area contributed by atoms with Crippen LogP contribution in [0.5, 0.6) is 0 Å². The summed E-state index contributed by atoms with van der Waals surface area (Å²) in [6, 6.07) is 0. The molecule has 0 amide bonds. The van der Waals surface area contributed by atoms with Crippen LogP contribution in [-0.4, -0.2) is 57.1 Å². The van der Waals surface area contributed by atoms with E-state index in [9.17, 15) is 0 Å². The van der Waals surface area contributed by atoms with Crippen molar-refractivity contribution in [3.05, 3.63) is 25.3 Å². The predicted octanol–water partition coefficient (Wildman–Crippen LogP) is 1.06. The van der Waals surface area contributed by atoms with Crippen molar-refractivity contribution in [1.29, 1.82) is 0 Å². The zero-order chi connectivity index (χ0) is 11.4. The van der Waals surface area contributed by atoms with Crippen LogP contribution in [0.2, 0.25) is 0 Å². The summed E-state index contributed by atoms with van der Waals surface area (Å²) >= 11 is 0. The highest BCUT2D eigenvalue weighted by molar-refractivity contribution is 4.68. The molecule has 0 aliphatic rings. The van der Waals surface area contributed by atoms with Crippen LogP contribution in [0.1, 0.15) is 0 Å². The molecule has 0 aromatic carbocycles. The van der Waals surface area contributed by atoms with E-state index in [0.717, 1.165) is 11.0 Å². The number of rotatable bonds is 6. The lowest BCUT2D eigenvalue weighted by Gasteiger charge is -2.21. The van der Waals surface area contributed by atoms with Gasteiger partial charge in [-0.2, -0.15) is 0 Å². The second-order valence-corrected chi connectivity index (χ2v) is 3.85. The summed E-state index contributed by atoms with van der Waals surface area (Å²) in [5.74, 6) is 0. The van der Waals surface area contributed by atoms with E-state index in [-0.39, 0.29) is 6.61 Å². The van der Waals surface area contributed by atoms with Gasteiger partial charge in [-0.25, -0.2) is 0 Å². The van der Waals surface area contributed by atoms with Crippen LogP contribution in [0, 0.1) is 0 Å². The van der Waals surface area contributed by atoms with Gasteiger partial charge in [0, 0.05) is 0 Å². The van der Waals surface area contributed by atoms with Gasteiger partial charge in [0.05, 0.1) is 41.0 Å². The Bertz CT molecular complexity index is 131. The summed E-state index contributed by atoms with van der Waals surface area (Å²) in [7, 11) is 6.16. The average Bonchev–Trinajstić information content (AvgIpc) is 2.04. The summed E-state index contributed by atoms with van der Waals surface area (Å²) in [4.78, 5) is 0. The fraction of sp³-hybridized carbons (Fsp3) is 0.636. The highest BCUT2D eigenvalue weighted by atomic mass is 16.5. The van der Waals surface area contributed by atoms with Gasteiger partial charge in [0.1, 0.15) is 6.54 Å². The Labute approximate surface area is 87.9 Å². The van der Waals surface area contributed by atoms with Gasteiger partial charge in [-0.1, -0.05) is 12.2 Å². The second kappa shape index (κ2) is 10.4. The molecule has 3 heteroatoms. The number of likely N-dealkylation sites (N-methyl/N-ethyl adjacent to an activating group) is 1. The van der Waals surface area contributed by atoms with E-state index >= 15 is 0 Å². The molecule has 0 aliphatic heterocycles. The predicted molar refractivity (Wildman–Crippen MR) is 61.2 cm³/mol. The topological polar surface area (TPSA) is 29.5 Å². The number of aliphatic hydroxyl groups excluding tert-OH is 1. The summed E-state index contributed by atoms with van der Waals surface area (Å²) in [6.07, 6.45) is 3.42. The first-order valence-electron chi connectivity index (χ1n) is 4.68. The van der Waals surface area contributed by atoms with Crippen molar-refractivity contribution in [2.45, 2.75) is 0 Å². The van der Waals surface area contributed by atoms with Crippen molar-refractivity contribution in [3.8, 4) is 0 Å². The molecule has 3 nitrogen and oxygen atoms in total. The fourth-order valence-electron chi connectivity index (χ4n) is 0.535. The normalized spacial score (nSPS) is 10.0. The first-order chi connectivity index (χ1) is 6.47. The van der Waals surface area contributed by atoms with Crippen molar-refractivity contribution in [3.63, 3.8) is 0 Å². The lowest BCUT2D eigenvalue weighted by atomic mass is 10.5. The molecule has 0 saturated carbocycles. The number of nitrogens with zero attached hydrogens (tertiary/aromatic N) is 1. The molecule has 0 aromatic rings. The lowest BCUT2D eigenvalue weighted by Crippen LogP contribution is -2.36. The van der Waals surface area contributed by atoms with Gasteiger partial charge in [0.2, 0.25) is 0 Å². The van der Waals surface area contributed by atoms with Crippen molar-refractivity contribution in [2.24, 2.45) is 0 Å². The molecule has 1 N–H and O–H groups in total. The molecule has 0 aromatic heterocycles. The molecule has 0 unspecified atom stereocenters. The van der Waals surface area contributed by atoms with Crippen LogP contribution in [0.4, 0.5) is 0 Å². The molecular formula is C11H24NO2+. The van der Waals surface area contributed by atoms with Gasteiger partial charge in [-0.15, -0.1) is 13.2 Å². The van der Waals surface area contributed by atoms with Gasteiger partial charge in [0.15, 0.2) is 0 Å². The molecule has 0 heterocycles. The standard InChI is InChI=1S/C6H10O.C5H14NO/c1-3-5-7-6-4-2;1-6(2,3)4-5-7/h3-4H,1-2,5-6H2;7H,4-5H2,1-3H3/q;+1. The van der Waals surface area contributed by atoms with Crippen LogP contribution >= 0.6 is 0 Å². The Morgan fingerprint density at radius 1 is 1.14 bits per heavy atom. The third-order valence-electron chi connectivity index (χ3n) is 1.24. The quantitative estimate of drug-likeness (QED) is 0.396. The van der Waals surface area contributed by atoms with E-state index in [1.807, 2.05) is 0 Å². The smallest absolute Gasteiger partial charge is 0.101 e. The number of ether oxygens (including phenoxy) is 1. The van der Waals surface area contributed by atoms with E-state index in [2.05, 4.69) is 34.3 Å². The first-order valence-corrected chi connectivity index (χ1v) is 4.68. The third-order valence-corrected chi connectivity index (χ3v) is 1.24. The molecule has 0 aliphatic carbocycles. The maximum Gasteiger partial charge on any atom is 0.101 e. The molecule has 84 valence electrons. The van der Waals surface area contributed by atoms with Crippen molar-refractivity contribution < 1.29 is 14.3 Å². The Morgan fingerprint density at radius 3 is 1.71 bits per heavy atom. The largest absolute Gasteiger partial charge is 0.391 e. The minimum Gasteiger partial charge on any atom is -0.391 e. The first kappa shape index (κ1) is 15.8. The van der Waals surface area contributed by atoms with E-state index in [0.29, 0.717) is 13.2 Å². The van der Waals surface area contributed by atoms with Gasteiger partial charge in [0.25, 0.3) is 0 Å². The summed E-state index contributed by atoms with van der Waals surface area (Å²) in [5, 5.41) is 8.39. The van der Waals surface area contributed by atoms with Gasteiger partial charge >= 0.3 is 0 Å². The average molecular weight is 202 g/mol. The lowest BCUT2D eigenvalue weighted by molar-refractivity contribution is -0.870. The Morgan fingerprint density at radius 2 is 1.57 bits per heavy atom. The molecule has 0 atom stereocenters. The van der Waals surface area contributed by atoms with E-state index in [1.165, 1.54) is 0 Å². The maximum atomic E-state index is 8.39.